The zero-order valence-corrected chi connectivity index (χ0v) is 11.9. The zero-order valence-electron chi connectivity index (χ0n) is 11.9. The van der Waals surface area contributed by atoms with Crippen LogP contribution in [0.5, 0.6) is 0 Å². The number of nitrogens with zero attached hydrogens (tertiary/aromatic N) is 1. The van der Waals surface area contributed by atoms with Gasteiger partial charge in [-0.3, -0.25) is 9.78 Å². The Balaban J connectivity index is 1.69. The second kappa shape index (κ2) is 6.39. The average Bonchev–Trinajstić information content (AvgIpc) is 3.10. The number of amides is 1. The van der Waals surface area contributed by atoms with E-state index in [1.54, 1.807) is 36.7 Å². The van der Waals surface area contributed by atoms with Gasteiger partial charge in [-0.2, -0.15) is 0 Å². The molecule has 1 aromatic carbocycles. The smallest absolute Gasteiger partial charge is 0.251 e. The van der Waals surface area contributed by atoms with Crippen molar-refractivity contribution in [1.29, 1.82) is 0 Å². The first-order valence-corrected chi connectivity index (χ1v) is 6.85. The Labute approximate surface area is 130 Å². The zero-order chi connectivity index (χ0) is 16.2. The van der Waals surface area contributed by atoms with E-state index in [0.29, 0.717) is 11.5 Å². The number of rotatable bonds is 4. The monoisotopic (exact) mass is 314 g/mol. The first-order chi connectivity index (χ1) is 11.1. The molecule has 3 rings (SSSR count). The number of carbonyl (C=O) groups is 1. The predicted octanol–water partition coefficient (Wildman–Crippen LogP) is 3.55. The number of hydrogen-bond acceptors (Lipinski definition) is 3. The second-order valence-electron chi connectivity index (χ2n) is 4.84. The van der Waals surface area contributed by atoms with Crippen LogP contribution in [-0.4, -0.2) is 10.9 Å². The fourth-order valence-corrected chi connectivity index (χ4v) is 2.07. The van der Waals surface area contributed by atoms with Gasteiger partial charge in [0.1, 0.15) is 5.69 Å². The quantitative estimate of drug-likeness (QED) is 0.801. The molecule has 6 heteroatoms. The molecule has 0 spiro atoms. The van der Waals surface area contributed by atoms with E-state index >= 15 is 0 Å². The topological polar surface area (TPSA) is 55.1 Å². The molecule has 2 aromatic heterocycles. The minimum Gasteiger partial charge on any atom is -0.463 e. The van der Waals surface area contributed by atoms with Crippen molar-refractivity contribution in [2.75, 3.05) is 0 Å². The third-order valence-corrected chi connectivity index (χ3v) is 3.23. The molecule has 0 fully saturated rings. The van der Waals surface area contributed by atoms with Crippen molar-refractivity contribution in [3.8, 4) is 11.5 Å². The molecular formula is C17H12F2N2O2. The van der Waals surface area contributed by atoms with Gasteiger partial charge in [-0.25, -0.2) is 8.78 Å². The van der Waals surface area contributed by atoms with Crippen LogP contribution in [0.4, 0.5) is 8.78 Å². The Hall–Kier alpha value is -3.02. The SMILES string of the molecule is O=C(NCc1ccnc(-c2ccco2)c1)c1ccc(F)c(F)c1. The third-order valence-electron chi connectivity index (χ3n) is 3.23. The number of carbonyl (C=O) groups excluding carboxylic acids is 1. The third kappa shape index (κ3) is 3.42. The van der Waals surface area contributed by atoms with Gasteiger partial charge in [-0.05, 0) is 48.0 Å². The molecule has 0 unspecified atom stereocenters. The van der Waals surface area contributed by atoms with E-state index < -0.39 is 17.5 Å². The fourth-order valence-electron chi connectivity index (χ4n) is 2.07. The van der Waals surface area contributed by atoms with Crippen molar-refractivity contribution in [2.24, 2.45) is 0 Å². The summed E-state index contributed by atoms with van der Waals surface area (Å²) in [7, 11) is 0. The van der Waals surface area contributed by atoms with Crippen LogP contribution in [0, 0.1) is 11.6 Å². The Bertz CT molecular complexity index is 832. The molecule has 1 N–H and O–H groups in total. The van der Waals surface area contributed by atoms with Gasteiger partial charge in [0.2, 0.25) is 0 Å². The normalized spacial score (nSPS) is 10.5. The van der Waals surface area contributed by atoms with Gasteiger partial charge in [0.15, 0.2) is 17.4 Å². The summed E-state index contributed by atoms with van der Waals surface area (Å²) in [5.74, 6) is -1.90. The maximum absolute atomic E-state index is 13.1. The Kier molecular flexibility index (Phi) is 4.14. The molecule has 1 amide bonds. The van der Waals surface area contributed by atoms with E-state index in [2.05, 4.69) is 10.3 Å². The average molecular weight is 314 g/mol. The van der Waals surface area contributed by atoms with E-state index in [1.165, 1.54) is 6.07 Å². The van der Waals surface area contributed by atoms with Crippen molar-refractivity contribution in [2.45, 2.75) is 6.54 Å². The molecule has 0 saturated carbocycles. The van der Waals surface area contributed by atoms with E-state index in [0.717, 1.165) is 17.7 Å². The van der Waals surface area contributed by atoms with Gasteiger partial charge in [-0.1, -0.05) is 0 Å². The lowest BCUT2D eigenvalue weighted by Gasteiger charge is -2.06. The summed E-state index contributed by atoms with van der Waals surface area (Å²) in [4.78, 5) is 16.2. The second-order valence-corrected chi connectivity index (χ2v) is 4.84. The maximum Gasteiger partial charge on any atom is 0.251 e. The summed E-state index contributed by atoms with van der Waals surface area (Å²) in [6.07, 6.45) is 3.16. The van der Waals surface area contributed by atoms with Crippen molar-refractivity contribution in [3.63, 3.8) is 0 Å². The molecular weight excluding hydrogens is 302 g/mol. The molecule has 0 aliphatic carbocycles. The first kappa shape index (κ1) is 14.9. The van der Waals surface area contributed by atoms with Gasteiger partial charge in [0, 0.05) is 18.3 Å². The van der Waals surface area contributed by atoms with Crippen LogP contribution in [0.1, 0.15) is 15.9 Å². The van der Waals surface area contributed by atoms with Crippen molar-refractivity contribution >= 4 is 5.91 Å². The summed E-state index contributed by atoms with van der Waals surface area (Å²) in [6, 6.07) is 10.1. The molecule has 0 aliphatic rings. The number of halogens is 2. The summed E-state index contributed by atoms with van der Waals surface area (Å²) in [5, 5.41) is 2.65. The van der Waals surface area contributed by atoms with Gasteiger partial charge >= 0.3 is 0 Å². The molecule has 23 heavy (non-hydrogen) atoms. The number of aromatic nitrogens is 1. The van der Waals surface area contributed by atoms with Gasteiger partial charge < -0.3 is 9.73 Å². The van der Waals surface area contributed by atoms with E-state index in [9.17, 15) is 13.6 Å². The summed E-state index contributed by atoms with van der Waals surface area (Å²) < 4.78 is 31.3. The van der Waals surface area contributed by atoms with Crippen LogP contribution in [-0.2, 0) is 6.54 Å². The van der Waals surface area contributed by atoms with Crippen LogP contribution in [0.2, 0.25) is 0 Å². The number of hydrogen-bond donors (Lipinski definition) is 1. The fraction of sp³-hybridized carbons (Fsp3) is 0.0588. The molecule has 0 aliphatic heterocycles. The number of nitrogens with one attached hydrogen (secondary N) is 1. The van der Waals surface area contributed by atoms with Crippen LogP contribution in [0.15, 0.2) is 59.3 Å². The van der Waals surface area contributed by atoms with Gasteiger partial charge in [0.25, 0.3) is 5.91 Å². The lowest BCUT2D eigenvalue weighted by Crippen LogP contribution is -2.23. The molecule has 116 valence electrons. The van der Waals surface area contributed by atoms with Crippen molar-refractivity contribution in [1.82, 2.24) is 10.3 Å². The lowest BCUT2D eigenvalue weighted by atomic mass is 10.1. The van der Waals surface area contributed by atoms with Crippen LogP contribution in [0.3, 0.4) is 0 Å². The number of benzene rings is 1. The Morgan fingerprint density at radius 1 is 1.13 bits per heavy atom. The van der Waals surface area contributed by atoms with Gasteiger partial charge in [0.05, 0.1) is 6.26 Å². The highest BCUT2D eigenvalue weighted by Crippen LogP contribution is 2.18. The molecule has 2 heterocycles. The van der Waals surface area contributed by atoms with Crippen molar-refractivity contribution in [3.05, 3.63) is 77.7 Å². The highest BCUT2D eigenvalue weighted by molar-refractivity contribution is 5.94. The largest absolute Gasteiger partial charge is 0.463 e. The first-order valence-electron chi connectivity index (χ1n) is 6.85. The minimum atomic E-state index is -1.05. The minimum absolute atomic E-state index is 0.0595. The Morgan fingerprint density at radius 3 is 2.74 bits per heavy atom. The summed E-state index contributed by atoms with van der Waals surface area (Å²) in [6.45, 7) is 0.230. The molecule has 0 bridgehead atoms. The molecule has 4 nitrogen and oxygen atoms in total. The van der Waals surface area contributed by atoms with E-state index in [4.69, 9.17) is 4.42 Å². The molecule has 0 saturated heterocycles. The summed E-state index contributed by atoms with van der Waals surface area (Å²) in [5.41, 5.74) is 1.51. The van der Waals surface area contributed by atoms with Crippen molar-refractivity contribution < 1.29 is 18.0 Å². The molecule has 0 atom stereocenters. The highest BCUT2D eigenvalue weighted by atomic mass is 19.2. The number of pyridine rings is 1. The maximum atomic E-state index is 13.1. The van der Waals surface area contributed by atoms with Gasteiger partial charge in [-0.15, -0.1) is 0 Å². The summed E-state index contributed by atoms with van der Waals surface area (Å²) >= 11 is 0. The lowest BCUT2D eigenvalue weighted by molar-refractivity contribution is 0.0950. The van der Waals surface area contributed by atoms with Crippen LogP contribution >= 0.6 is 0 Å². The number of furan rings is 1. The standard InChI is InChI=1S/C17H12F2N2O2/c18-13-4-3-12(9-14(13)19)17(22)21-10-11-5-6-20-15(8-11)16-2-1-7-23-16/h1-9H,10H2,(H,21,22). The highest BCUT2D eigenvalue weighted by Gasteiger charge is 2.10. The Morgan fingerprint density at radius 2 is 2.00 bits per heavy atom. The van der Waals surface area contributed by atoms with Crippen LogP contribution < -0.4 is 5.32 Å². The predicted molar refractivity (Wildman–Crippen MR) is 79.5 cm³/mol. The van der Waals surface area contributed by atoms with E-state index in [1.807, 2.05) is 0 Å². The van der Waals surface area contributed by atoms with Crippen LogP contribution in [0.25, 0.3) is 11.5 Å². The molecule has 3 aromatic rings. The molecule has 0 radical (unpaired) electrons. The van der Waals surface area contributed by atoms with E-state index in [-0.39, 0.29) is 12.1 Å².